The molecule has 0 radical (unpaired) electrons. The third-order valence-electron chi connectivity index (χ3n) is 2.40. The predicted octanol–water partition coefficient (Wildman–Crippen LogP) is 2.01. The first kappa shape index (κ1) is 14.8. The van der Waals surface area contributed by atoms with Gasteiger partial charge < -0.3 is 20.1 Å². The third-order valence-corrected chi connectivity index (χ3v) is 2.40. The lowest BCUT2D eigenvalue weighted by Gasteiger charge is -2.12. The molecule has 2 N–H and O–H groups in total. The average molecular weight is 266 g/mol. The minimum atomic E-state index is -0.473. The first-order chi connectivity index (χ1) is 9.12. The highest BCUT2D eigenvalue weighted by molar-refractivity contribution is 5.95. The summed E-state index contributed by atoms with van der Waals surface area (Å²) in [6, 6.07) is 4.33. The van der Waals surface area contributed by atoms with Crippen molar-refractivity contribution in [2.24, 2.45) is 0 Å². The van der Waals surface area contributed by atoms with Crippen LogP contribution in [0.1, 0.15) is 23.7 Å². The van der Waals surface area contributed by atoms with Gasteiger partial charge in [0.15, 0.2) is 0 Å². The molecule has 0 aliphatic rings. The summed E-state index contributed by atoms with van der Waals surface area (Å²) in [5.41, 5.74) is 0.757. The first-order valence-electron chi connectivity index (χ1n) is 5.93. The van der Waals surface area contributed by atoms with Gasteiger partial charge in [-0.25, -0.2) is 9.59 Å². The van der Waals surface area contributed by atoms with Crippen LogP contribution in [0, 0.1) is 0 Å². The normalized spacial score (nSPS) is 9.63. The third kappa shape index (κ3) is 4.17. The largest absolute Gasteiger partial charge is 0.495 e. The lowest BCUT2D eigenvalue weighted by molar-refractivity contribution is 0.0600. The Labute approximate surface area is 112 Å². The Kier molecular flexibility index (Phi) is 5.66. The van der Waals surface area contributed by atoms with Gasteiger partial charge in [0.2, 0.25) is 0 Å². The lowest BCUT2D eigenvalue weighted by atomic mass is 10.2. The van der Waals surface area contributed by atoms with Crippen LogP contribution in [0.5, 0.6) is 5.75 Å². The van der Waals surface area contributed by atoms with Gasteiger partial charge in [0.25, 0.3) is 0 Å². The monoisotopic (exact) mass is 266 g/mol. The Morgan fingerprint density at radius 2 is 2.00 bits per heavy atom. The van der Waals surface area contributed by atoms with E-state index in [2.05, 4.69) is 15.4 Å². The number of urea groups is 1. The molecule has 0 saturated heterocycles. The summed E-state index contributed by atoms with van der Waals surface area (Å²) in [5, 5.41) is 5.31. The lowest BCUT2D eigenvalue weighted by Crippen LogP contribution is -2.29. The zero-order chi connectivity index (χ0) is 14.3. The van der Waals surface area contributed by atoms with Gasteiger partial charge in [-0.3, -0.25) is 0 Å². The highest BCUT2D eigenvalue weighted by atomic mass is 16.5. The number of benzene rings is 1. The standard InChI is InChI=1S/C13H18N2O4/c1-4-7-14-13(17)15-10-8-9(12(16)19-3)5-6-11(10)18-2/h5-6,8H,4,7H2,1-3H3,(H2,14,15,17). The van der Waals surface area contributed by atoms with E-state index in [-0.39, 0.29) is 6.03 Å². The fourth-order valence-electron chi connectivity index (χ4n) is 1.46. The van der Waals surface area contributed by atoms with Crippen molar-refractivity contribution < 1.29 is 19.1 Å². The number of hydrogen-bond acceptors (Lipinski definition) is 4. The van der Waals surface area contributed by atoms with Crippen molar-refractivity contribution in [2.45, 2.75) is 13.3 Å². The Morgan fingerprint density at radius 3 is 2.58 bits per heavy atom. The number of carbonyl (C=O) groups excluding carboxylic acids is 2. The van der Waals surface area contributed by atoms with E-state index in [1.54, 1.807) is 12.1 Å². The molecule has 1 aromatic carbocycles. The minimum absolute atomic E-state index is 0.342. The Bertz CT molecular complexity index is 460. The van der Waals surface area contributed by atoms with E-state index in [1.807, 2.05) is 6.92 Å². The summed E-state index contributed by atoms with van der Waals surface area (Å²) in [5.74, 6) is -0.000953. The molecule has 0 unspecified atom stereocenters. The van der Waals surface area contributed by atoms with Crippen molar-refractivity contribution in [3.8, 4) is 5.75 Å². The maximum Gasteiger partial charge on any atom is 0.337 e. The second-order valence-corrected chi connectivity index (χ2v) is 3.79. The van der Waals surface area contributed by atoms with E-state index >= 15 is 0 Å². The molecule has 0 aliphatic carbocycles. The summed E-state index contributed by atoms with van der Waals surface area (Å²) in [6.07, 6.45) is 0.840. The van der Waals surface area contributed by atoms with Crippen molar-refractivity contribution in [3.63, 3.8) is 0 Å². The van der Waals surface area contributed by atoms with Crippen LogP contribution in [0.4, 0.5) is 10.5 Å². The van der Waals surface area contributed by atoms with Gasteiger partial charge in [0, 0.05) is 6.54 Å². The quantitative estimate of drug-likeness (QED) is 0.799. The maximum atomic E-state index is 11.6. The molecule has 0 saturated carbocycles. The van der Waals surface area contributed by atoms with Crippen LogP contribution < -0.4 is 15.4 Å². The molecule has 0 heterocycles. The SMILES string of the molecule is CCCNC(=O)Nc1cc(C(=O)OC)ccc1OC. The predicted molar refractivity (Wildman–Crippen MR) is 71.6 cm³/mol. The van der Waals surface area contributed by atoms with Crippen molar-refractivity contribution in [3.05, 3.63) is 23.8 Å². The highest BCUT2D eigenvalue weighted by Crippen LogP contribution is 2.25. The van der Waals surface area contributed by atoms with Crippen molar-refractivity contribution in [1.29, 1.82) is 0 Å². The molecule has 0 atom stereocenters. The van der Waals surface area contributed by atoms with Crippen LogP contribution in [0.15, 0.2) is 18.2 Å². The smallest absolute Gasteiger partial charge is 0.337 e. The summed E-state index contributed by atoms with van der Waals surface area (Å²) in [4.78, 5) is 23.0. The van der Waals surface area contributed by atoms with Gasteiger partial charge in [-0.2, -0.15) is 0 Å². The summed E-state index contributed by atoms with van der Waals surface area (Å²) in [7, 11) is 2.79. The minimum Gasteiger partial charge on any atom is -0.495 e. The second-order valence-electron chi connectivity index (χ2n) is 3.79. The van der Waals surface area contributed by atoms with E-state index in [1.165, 1.54) is 20.3 Å². The van der Waals surface area contributed by atoms with Crippen LogP contribution in [0.3, 0.4) is 0 Å². The molecular weight excluding hydrogens is 248 g/mol. The van der Waals surface area contributed by atoms with Gasteiger partial charge in [-0.05, 0) is 24.6 Å². The zero-order valence-electron chi connectivity index (χ0n) is 11.3. The van der Waals surface area contributed by atoms with E-state index < -0.39 is 5.97 Å². The summed E-state index contributed by atoms with van der Waals surface area (Å²) in [6.45, 7) is 2.53. The number of esters is 1. The number of nitrogens with one attached hydrogen (secondary N) is 2. The van der Waals surface area contributed by atoms with Gasteiger partial charge in [-0.15, -0.1) is 0 Å². The number of rotatable bonds is 5. The number of amides is 2. The number of hydrogen-bond donors (Lipinski definition) is 2. The van der Waals surface area contributed by atoms with Gasteiger partial charge >= 0.3 is 12.0 Å². The molecule has 104 valence electrons. The molecule has 6 nitrogen and oxygen atoms in total. The molecule has 0 spiro atoms. The second kappa shape index (κ2) is 7.25. The fourth-order valence-corrected chi connectivity index (χ4v) is 1.46. The van der Waals surface area contributed by atoms with E-state index in [0.29, 0.717) is 23.5 Å². The van der Waals surface area contributed by atoms with Crippen molar-refractivity contribution >= 4 is 17.7 Å². The Balaban J connectivity index is 2.89. The van der Waals surface area contributed by atoms with Crippen LogP contribution in [0.2, 0.25) is 0 Å². The molecule has 0 aliphatic heterocycles. The average Bonchev–Trinajstić information content (AvgIpc) is 2.44. The first-order valence-corrected chi connectivity index (χ1v) is 5.93. The number of carbonyl (C=O) groups is 2. The topological polar surface area (TPSA) is 76.7 Å². The molecular formula is C13H18N2O4. The molecule has 2 amide bonds. The van der Waals surface area contributed by atoms with E-state index in [4.69, 9.17) is 4.74 Å². The molecule has 0 fully saturated rings. The number of ether oxygens (including phenoxy) is 2. The van der Waals surface area contributed by atoms with Crippen LogP contribution in [-0.4, -0.2) is 32.8 Å². The molecule has 1 aromatic rings. The van der Waals surface area contributed by atoms with Gasteiger partial charge in [0.05, 0.1) is 25.5 Å². The molecule has 0 aromatic heterocycles. The number of methoxy groups -OCH3 is 2. The van der Waals surface area contributed by atoms with Crippen molar-refractivity contribution in [2.75, 3.05) is 26.1 Å². The zero-order valence-corrected chi connectivity index (χ0v) is 11.3. The summed E-state index contributed by atoms with van der Waals surface area (Å²) >= 11 is 0. The molecule has 0 bridgehead atoms. The fraction of sp³-hybridized carbons (Fsp3) is 0.385. The van der Waals surface area contributed by atoms with Crippen LogP contribution in [0.25, 0.3) is 0 Å². The van der Waals surface area contributed by atoms with Crippen LogP contribution in [-0.2, 0) is 4.74 Å². The molecule has 19 heavy (non-hydrogen) atoms. The highest BCUT2D eigenvalue weighted by Gasteiger charge is 2.12. The Morgan fingerprint density at radius 1 is 1.26 bits per heavy atom. The summed E-state index contributed by atoms with van der Waals surface area (Å²) < 4.78 is 9.75. The van der Waals surface area contributed by atoms with Gasteiger partial charge in [-0.1, -0.05) is 6.92 Å². The van der Waals surface area contributed by atoms with E-state index in [9.17, 15) is 9.59 Å². The molecule has 6 heteroatoms. The van der Waals surface area contributed by atoms with Gasteiger partial charge in [0.1, 0.15) is 5.75 Å². The number of anilines is 1. The van der Waals surface area contributed by atoms with Crippen molar-refractivity contribution in [1.82, 2.24) is 5.32 Å². The maximum absolute atomic E-state index is 11.6. The van der Waals surface area contributed by atoms with Crippen LogP contribution >= 0.6 is 0 Å². The Hall–Kier alpha value is -2.24. The molecule has 1 rings (SSSR count). The van der Waals surface area contributed by atoms with E-state index in [0.717, 1.165) is 6.42 Å².